The Labute approximate surface area is 151 Å². The first kappa shape index (κ1) is 19.1. The molecular formula is C19H21N3O4. The quantitative estimate of drug-likeness (QED) is 0.444. The largest absolute Gasteiger partial charge is 0.484 e. The molecule has 0 spiro atoms. The fourth-order valence-corrected chi connectivity index (χ4v) is 2.25. The molecule has 0 fully saturated rings. The summed E-state index contributed by atoms with van der Waals surface area (Å²) in [6, 6.07) is 13.7. The molecule has 0 saturated heterocycles. The number of hydrazone groups is 1. The second kappa shape index (κ2) is 9.31. The predicted octanol–water partition coefficient (Wildman–Crippen LogP) is 3.64. The number of benzene rings is 2. The molecule has 136 valence electrons. The molecule has 0 aliphatic heterocycles. The van der Waals surface area contributed by atoms with Crippen molar-refractivity contribution < 1.29 is 14.5 Å². The first-order valence-corrected chi connectivity index (χ1v) is 8.29. The summed E-state index contributed by atoms with van der Waals surface area (Å²) >= 11 is 0. The molecule has 7 heteroatoms. The maximum Gasteiger partial charge on any atom is 0.278 e. The molecule has 7 nitrogen and oxygen atoms in total. The van der Waals surface area contributed by atoms with Crippen LogP contribution in [0, 0.1) is 10.1 Å². The highest BCUT2D eigenvalue weighted by molar-refractivity contribution is 5.86. The lowest BCUT2D eigenvalue weighted by Crippen LogP contribution is -2.24. The molecule has 2 rings (SSSR count). The topological polar surface area (TPSA) is 93.8 Å². The van der Waals surface area contributed by atoms with Gasteiger partial charge in [0, 0.05) is 6.07 Å². The SMILES string of the molecule is CCC(C)c1ccc(OCC(=O)NN=Cc2ccccc2[N+](=O)[O-])cc1. The van der Waals surface area contributed by atoms with E-state index in [-0.39, 0.29) is 12.3 Å². The Bertz CT molecular complexity index is 788. The van der Waals surface area contributed by atoms with E-state index in [9.17, 15) is 14.9 Å². The van der Waals surface area contributed by atoms with E-state index < -0.39 is 10.8 Å². The van der Waals surface area contributed by atoms with Gasteiger partial charge in [0.1, 0.15) is 5.75 Å². The van der Waals surface area contributed by atoms with Crippen molar-refractivity contribution in [1.29, 1.82) is 0 Å². The van der Waals surface area contributed by atoms with Crippen molar-refractivity contribution in [3.05, 3.63) is 69.8 Å². The first-order chi connectivity index (χ1) is 12.5. The van der Waals surface area contributed by atoms with E-state index in [0.29, 0.717) is 17.2 Å². The second-order valence-corrected chi connectivity index (χ2v) is 5.78. The van der Waals surface area contributed by atoms with Crippen LogP contribution in [0.1, 0.15) is 37.3 Å². The van der Waals surface area contributed by atoms with Crippen LogP contribution in [0.2, 0.25) is 0 Å². The van der Waals surface area contributed by atoms with Crippen LogP contribution >= 0.6 is 0 Å². The number of nitro groups is 1. The van der Waals surface area contributed by atoms with Gasteiger partial charge in [-0.05, 0) is 36.1 Å². The van der Waals surface area contributed by atoms with Crippen LogP contribution in [0.4, 0.5) is 5.69 Å². The predicted molar refractivity (Wildman–Crippen MR) is 99.5 cm³/mol. The molecule has 2 aromatic carbocycles. The van der Waals surface area contributed by atoms with Crippen molar-refractivity contribution in [3.8, 4) is 5.75 Å². The number of hydrogen-bond donors (Lipinski definition) is 1. The van der Waals surface area contributed by atoms with Gasteiger partial charge in [-0.25, -0.2) is 5.43 Å². The van der Waals surface area contributed by atoms with Crippen LogP contribution in [0.5, 0.6) is 5.75 Å². The van der Waals surface area contributed by atoms with E-state index >= 15 is 0 Å². The number of nitrogens with zero attached hydrogens (tertiary/aromatic N) is 2. The minimum Gasteiger partial charge on any atom is -0.484 e. The van der Waals surface area contributed by atoms with Crippen LogP contribution in [0.3, 0.4) is 0 Å². The molecule has 1 atom stereocenters. The van der Waals surface area contributed by atoms with Gasteiger partial charge < -0.3 is 4.74 Å². The summed E-state index contributed by atoms with van der Waals surface area (Å²) in [5.41, 5.74) is 3.73. The third-order valence-electron chi connectivity index (χ3n) is 3.96. The molecule has 0 aliphatic carbocycles. The van der Waals surface area contributed by atoms with Crippen LogP contribution in [-0.2, 0) is 4.79 Å². The van der Waals surface area contributed by atoms with E-state index in [0.717, 1.165) is 6.42 Å². The summed E-state index contributed by atoms with van der Waals surface area (Å²) in [5, 5.41) is 14.6. The summed E-state index contributed by atoms with van der Waals surface area (Å²) in [6.07, 6.45) is 2.29. The van der Waals surface area contributed by atoms with E-state index in [2.05, 4.69) is 24.4 Å². The number of amides is 1. The monoisotopic (exact) mass is 355 g/mol. The van der Waals surface area contributed by atoms with E-state index in [1.54, 1.807) is 18.2 Å². The van der Waals surface area contributed by atoms with Crippen LogP contribution in [0.25, 0.3) is 0 Å². The van der Waals surface area contributed by atoms with Crippen molar-refractivity contribution in [2.24, 2.45) is 5.10 Å². The third kappa shape index (κ3) is 5.41. The van der Waals surface area contributed by atoms with Crippen molar-refractivity contribution >= 4 is 17.8 Å². The molecule has 1 amide bonds. The minimum absolute atomic E-state index is 0.0804. The van der Waals surface area contributed by atoms with Crippen molar-refractivity contribution in [2.75, 3.05) is 6.61 Å². The Morgan fingerprint density at radius 1 is 1.27 bits per heavy atom. The molecule has 1 unspecified atom stereocenters. The number of nitro benzene ring substituents is 1. The molecule has 0 aliphatic rings. The van der Waals surface area contributed by atoms with Gasteiger partial charge in [-0.3, -0.25) is 14.9 Å². The molecule has 1 N–H and O–H groups in total. The number of para-hydroxylation sites is 1. The van der Waals surface area contributed by atoms with Gasteiger partial charge in [-0.15, -0.1) is 0 Å². The molecule has 26 heavy (non-hydrogen) atoms. The zero-order valence-electron chi connectivity index (χ0n) is 14.7. The van der Waals surface area contributed by atoms with Gasteiger partial charge in [0.25, 0.3) is 11.6 Å². The maximum absolute atomic E-state index is 11.8. The summed E-state index contributed by atoms with van der Waals surface area (Å²) in [5.74, 6) is 0.615. The second-order valence-electron chi connectivity index (χ2n) is 5.78. The number of carbonyl (C=O) groups excluding carboxylic acids is 1. The number of rotatable bonds is 8. The highest BCUT2D eigenvalue weighted by atomic mass is 16.6. The lowest BCUT2D eigenvalue weighted by molar-refractivity contribution is -0.385. The highest BCUT2D eigenvalue weighted by Crippen LogP contribution is 2.21. The summed E-state index contributed by atoms with van der Waals surface area (Å²) in [7, 11) is 0. The summed E-state index contributed by atoms with van der Waals surface area (Å²) in [4.78, 5) is 22.2. The molecule has 0 bridgehead atoms. The fourth-order valence-electron chi connectivity index (χ4n) is 2.25. The van der Waals surface area contributed by atoms with Gasteiger partial charge in [-0.1, -0.05) is 38.1 Å². The van der Waals surface area contributed by atoms with E-state index in [1.807, 2.05) is 24.3 Å². The van der Waals surface area contributed by atoms with Gasteiger partial charge in [0.15, 0.2) is 6.61 Å². The fraction of sp³-hybridized carbons (Fsp3) is 0.263. The molecule has 2 aromatic rings. The first-order valence-electron chi connectivity index (χ1n) is 8.29. The van der Waals surface area contributed by atoms with Gasteiger partial charge >= 0.3 is 0 Å². The van der Waals surface area contributed by atoms with Crippen LogP contribution in [0.15, 0.2) is 53.6 Å². The zero-order chi connectivity index (χ0) is 18.9. The van der Waals surface area contributed by atoms with Gasteiger partial charge in [0.2, 0.25) is 0 Å². The summed E-state index contributed by atoms with van der Waals surface area (Å²) in [6.45, 7) is 4.08. The van der Waals surface area contributed by atoms with E-state index in [4.69, 9.17) is 4.74 Å². The lowest BCUT2D eigenvalue weighted by Gasteiger charge is -2.10. The van der Waals surface area contributed by atoms with Crippen molar-refractivity contribution in [3.63, 3.8) is 0 Å². The Kier molecular flexibility index (Phi) is 6.84. The van der Waals surface area contributed by atoms with Crippen molar-refractivity contribution in [1.82, 2.24) is 5.43 Å². The standard InChI is InChI=1S/C19H21N3O4/c1-3-14(2)15-8-10-17(11-9-15)26-13-19(23)21-20-12-16-6-4-5-7-18(16)22(24)25/h4-12,14H,3,13H2,1-2H3,(H,21,23). The highest BCUT2D eigenvalue weighted by Gasteiger charge is 2.10. The average molecular weight is 355 g/mol. The van der Waals surface area contributed by atoms with Crippen molar-refractivity contribution in [2.45, 2.75) is 26.2 Å². The third-order valence-corrected chi connectivity index (χ3v) is 3.96. The van der Waals surface area contributed by atoms with Gasteiger partial charge in [-0.2, -0.15) is 5.10 Å². The number of nitrogens with one attached hydrogen (secondary N) is 1. The maximum atomic E-state index is 11.8. The normalized spacial score (nSPS) is 11.9. The smallest absolute Gasteiger partial charge is 0.278 e. The molecule has 0 heterocycles. The Hall–Kier alpha value is -3.22. The van der Waals surface area contributed by atoms with E-state index in [1.165, 1.54) is 17.8 Å². The average Bonchev–Trinajstić information content (AvgIpc) is 2.66. The minimum atomic E-state index is -0.505. The van der Waals surface area contributed by atoms with Crippen LogP contribution in [-0.4, -0.2) is 23.7 Å². The molecule has 0 aromatic heterocycles. The molecule has 0 saturated carbocycles. The Morgan fingerprint density at radius 2 is 1.96 bits per heavy atom. The number of carbonyl (C=O) groups is 1. The number of hydrogen-bond acceptors (Lipinski definition) is 5. The Morgan fingerprint density at radius 3 is 2.62 bits per heavy atom. The molecule has 0 radical (unpaired) electrons. The lowest BCUT2D eigenvalue weighted by atomic mass is 9.99. The molecular weight excluding hydrogens is 334 g/mol. The summed E-state index contributed by atoms with van der Waals surface area (Å²) < 4.78 is 5.41. The number of ether oxygens (including phenoxy) is 1. The van der Waals surface area contributed by atoms with Crippen LogP contribution < -0.4 is 10.2 Å². The van der Waals surface area contributed by atoms with Gasteiger partial charge in [0.05, 0.1) is 16.7 Å². The zero-order valence-corrected chi connectivity index (χ0v) is 14.7. The Balaban J connectivity index is 1.85.